The number of hydrogen-bond acceptors (Lipinski definition) is 2. The summed E-state index contributed by atoms with van der Waals surface area (Å²) in [7, 11) is 1.82. The lowest BCUT2D eigenvalue weighted by atomic mass is 9.81. The monoisotopic (exact) mass is 285 g/mol. The van der Waals surface area contributed by atoms with E-state index in [4.69, 9.17) is 4.74 Å². The van der Waals surface area contributed by atoms with Crippen LogP contribution in [-0.4, -0.2) is 38.3 Å². The zero-order valence-corrected chi connectivity index (χ0v) is 15.0. The molecule has 2 heteroatoms. The lowest BCUT2D eigenvalue weighted by Gasteiger charge is -2.26. The summed E-state index contributed by atoms with van der Waals surface area (Å²) in [5.74, 6) is 0.836. The van der Waals surface area contributed by atoms with E-state index in [1.807, 2.05) is 7.11 Å². The van der Waals surface area contributed by atoms with E-state index < -0.39 is 0 Å². The van der Waals surface area contributed by atoms with E-state index in [9.17, 15) is 0 Å². The Hall–Kier alpha value is -0.0800. The molecule has 20 heavy (non-hydrogen) atoms. The van der Waals surface area contributed by atoms with Crippen molar-refractivity contribution in [1.29, 1.82) is 0 Å². The zero-order chi connectivity index (χ0) is 15.4. The predicted octanol–water partition coefficient (Wildman–Crippen LogP) is 4.98. The molecule has 0 bridgehead atoms. The number of nitrogens with zero attached hydrogens (tertiary/aromatic N) is 1. The highest BCUT2D eigenvalue weighted by atomic mass is 16.5. The first-order valence-corrected chi connectivity index (χ1v) is 8.64. The van der Waals surface area contributed by atoms with E-state index in [-0.39, 0.29) is 0 Å². The number of unbranched alkanes of at least 4 members (excludes halogenated alkanes) is 2. The highest BCUT2D eigenvalue weighted by molar-refractivity contribution is 4.70. The van der Waals surface area contributed by atoms with Crippen molar-refractivity contribution in [2.24, 2.45) is 11.3 Å². The summed E-state index contributed by atoms with van der Waals surface area (Å²) in [4.78, 5) is 2.53. The van der Waals surface area contributed by atoms with E-state index in [1.54, 1.807) is 0 Å². The van der Waals surface area contributed by atoms with E-state index in [2.05, 4.69) is 39.5 Å². The minimum atomic E-state index is 0.444. The molecule has 0 aliphatic carbocycles. The molecular formula is C18H39NO. The van der Waals surface area contributed by atoms with Crippen molar-refractivity contribution >= 4 is 0 Å². The standard InChI is InChI=1S/C18H39NO/c1-7-19(8-2)14-11-9-10-12-17(13-15-20-6)16-18(3,4)5/h17H,7-16H2,1-6H3/t17-/m0/s1. The molecule has 0 N–H and O–H groups in total. The summed E-state index contributed by atoms with van der Waals surface area (Å²) in [6, 6.07) is 0. The lowest BCUT2D eigenvalue weighted by Crippen LogP contribution is -2.23. The Bertz CT molecular complexity index is 206. The van der Waals surface area contributed by atoms with Gasteiger partial charge in [0, 0.05) is 13.7 Å². The van der Waals surface area contributed by atoms with Gasteiger partial charge in [-0.3, -0.25) is 0 Å². The molecule has 0 amide bonds. The van der Waals surface area contributed by atoms with Gasteiger partial charge >= 0.3 is 0 Å². The molecular weight excluding hydrogens is 246 g/mol. The highest BCUT2D eigenvalue weighted by Crippen LogP contribution is 2.29. The van der Waals surface area contributed by atoms with Gasteiger partial charge in [-0.15, -0.1) is 0 Å². The highest BCUT2D eigenvalue weighted by Gasteiger charge is 2.18. The molecule has 0 aromatic rings. The Kier molecular flexibility index (Phi) is 11.5. The summed E-state index contributed by atoms with van der Waals surface area (Å²) < 4.78 is 5.27. The lowest BCUT2D eigenvalue weighted by molar-refractivity contribution is 0.157. The Labute approximate surface area is 128 Å². The number of hydrogen-bond donors (Lipinski definition) is 0. The molecule has 0 aromatic heterocycles. The Morgan fingerprint density at radius 2 is 1.60 bits per heavy atom. The van der Waals surface area contributed by atoms with Gasteiger partial charge in [0.2, 0.25) is 0 Å². The molecule has 0 unspecified atom stereocenters. The van der Waals surface area contributed by atoms with Crippen molar-refractivity contribution in [2.75, 3.05) is 33.4 Å². The Morgan fingerprint density at radius 1 is 0.950 bits per heavy atom. The molecule has 0 aliphatic rings. The largest absolute Gasteiger partial charge is 0.385 e. The number of methoxy groups -OCH3 is 1. The van der Waals surface area contributed by atoms with Crippen molar-refractivity contribution in [3.05, 3.63) is 0 Å². The Morgan fingerprint density at radius 3 is 2.10 bits per heavy atom. The van der Waals surface area contributed by atoms with Crippen LogP contribution in [0.2, 0.25) is 0 Å². The predicted molar refractivity (Wildman–Crippen MR) is 90.3 cm³/mol. The molecule has 0 rings (SSSR count). The second-order valence-electron chi connectivity index (χ2n) is 7.29. The zero-order valence-electron chi connectivity index (χ0n) is 15.0. The molecule has 1 atom stereocenters. The van der Waals surface area contributed by atoms with Crippen molar-refractivity contribution < 1.29 is 4.74 Å². The maximum atomic E-state index is 5.27. The van der Waals surface area contributed by atoms with Gasteiger partial charge in [0.25, 0.3) is 0 Å². The maximum Gasteiger partial charge on any atom is 0.0464 e. The summed E-state index contributed by atoms with van der Waals surface area (Å²) >= 11 is 0. The summed E-state index contributed by atoms with van der Waals surface area (Å²) in [6.07, 6.45) is 8.04. The minimum absolute atomic E-state index is 0.444. The van der Waals surface area contributed by atoms with Gasteiger partial charge in [-0.1, -0.05) is 53.9 Å². The summed E-state index contributed by atoms with van der Waals surface area (Å²) in [5, 5.41) is 0. The van der Waals surface area contributed by atoms with Crippen molar-refractivity contribution in [2.45, 2.75) is 73.1 Å². The van der Waals surface area contributed by atoms with Gasteiger partial charge in [-0.05, 0) is 50.2 Å². The van der Waals surface area contributed by atoms with Crippen LogP contribution in [0.5, 0.6) is 0 Å². The second kappa shape index (κ2) is 11.6. The van der Waals surface area contributed by atoms with Gasteiger partial charge in [-0.25, -0.2) is 0 Å². The van der Waals surface area contributed by atoms with Crippen LogP contribution in [0.3, 0.4) is 0 Å². The van der Waals surface area contributed by atoms with Crippen LogP contribution in [0.1, 0.15) is 73.1 Å². The fraction of sp³-hybridized carbons (Fsp3) is 1.00. The van der Waals surface area contributed by atoms with E-state index in [0.29, 0.717) is 5.41 Å². The van der Waals surface area contributed by atoms with Gasteiger partial charge in [0.15, 0.2) is 0 Å². The van der Waals surface area contributed by atoms with Crippen molar-refractivity contribution in [1.82, 2.24) is 4.90 Å². The first-order chi connectivity index (χ1) is 9.42. The molecule has 0 aliphatic heterocycles. The number of rotatable bonds is 12. The average Bonchev–Trinajstić information content (AvgIpc) is 2.38. The molecule has 0 heterocycles. The van der Waals surface area contributed by atoms with E-state index in [0.717, 1.165) is 12.5 Å². The SMILES string of the molecule is CCN(CC)CCCCC[C@@H](CCOC)CC(C)(C)C. The molecule has 0 saturated heterocycles. The molecule has 0 aromatic carbocycles. The van der Waals surface area contributed by atoms with Gasteiger partial charge in [0.05, 0.1) is 0 Å². The van der Waals surface area contributed by atoms with Gasteiger partial charge in [-0.2, -0.15) is 0 Å². The maximum absolute atomic E-state index is 5.27. The van der Waals surface area contributed by atoms with Crippen LogP contribution < -0.4 is 0 Å². The third kappa shape index (κ3) is 11.7. The van der Waals surface area contributed by atoms with Crippen LogP contribution in [-0.2, 0) is 4.74 Å². The third-order valence-electron chi connectivity index (χ3n) is 4.11. The van der Waals surface area contributed by atoms with Crippen LogP contribution in [0.4, 0.5) is 0 Å². The van der Waals surface area contributed by atoms with Crippen LogP contribution in [0, 0.1) is 11.3 Å². The van der Waals surface area contributed by atoms with Gasteiger partial charge < -0.3 is 9.64 Å². The quantitative estimate of drug-likeness (QED) is 0.469. The average molecular weight is 286 g/mol. The first kappa shape index (κ1) is 19.9. The summed E-state index contributed by atoms with van der Waals surface area (Å²) in [6.45, 7) is 16.2. The van der Waals surface area contributed by atoms with Crippen LogP contribution in [0.15, 0.2) is 0 Å². The first-order valence-electron chi connectivity index (χ1n) is 8.64. The smallest absolute Gasteiger partial charge is 0.0464 e. The topological polar surface area (TPSA) is 12.5 Å². The Balaban J connectivity index is 3.83. The third-order valence-corrected chi connectivity index (χ3v) is 4.11. The second-order valence-corrected chi connectivity index (χ2v) is 7.29. The van der Waals surface area contributed by atoms with Crippen molar-refractivity contribution in [3.63, 3.8) is 0 Å². The normalized spacial score (nSPS) is 13.9. The molecule has 0 spiro atoms. The molecule has 122 valence electrons. The molecule has 2 nitrogen and oxygen atoms in total. The fourth-order valence-electron chi connectivity index (χ4n) is 2.98. The molecule has 0 fully saturated rings. The minimum Gasteiger partial charge on any atom is -0.385 e. The summed E-state index contributed by atoms with van der Waals surface area (Å²) in [5.41, 5.74) is 0.444. The molecule has 0 saturated carbocycles. The van der Waals surface area contributed by atoms with Crippen LogP contribution in [0.25, 0.3) is 0 Å². The van der Waals surface area contributed by atoms with Crippen LogP contribution >= 0.6 is 0 Å². The van der Waals surface area contributed by atoms with Gasteiger partial charge in [0.1, 0.15) is 0 Å². The molecule has 0 radical (unpaired) electrons. The van der Waals surface area contributed by atoms with E-state index >= 15 is 0 Å². The number of ether oxygens (including phenoxy) is 1. The van der Waals surface area contributed by atoms with E-state index in [1.165, 1.54) is 58.2 Å². The van der Waals surface area contributed by atoms with Crippen molar-refractivity contribution in [3.8, 4) is 0 Å². The fourth-order valence-corrected chi connectivity index (χ4v) is 2.98.